The molecule has 3 rings (SSSR count). The van der Waals surface area contributed by atoms with E-state index in [0.29, 0.717) is 18.7 Å². The first-order valence-corrected chi connectivity index (χ1v) is 9.25. The number of carbonyl (C=O) groups is 1. The largest absolute Gasteiger partial charge is 0.419 e. The molecule has 130 valence electrons. The molecule has 0 saturated carbocycles. The van der Waals surface area contributed by atoms with Crippen LogP contribution in [0.25, 0.3) is 11.1 Å². The molecule has 3 aromatic rings. The molecule has 0 fully saturated rings. The fraction of sp³-hybridized carbons (Fsp3) is 0.263. The number of para-hydroxylation sites is 2. The van der Waals surface area contributed by atoms with Crippen LogP contribution in [0.15, 0.2) is 68.7 Å². The molecule has 0 saturated heterocycles. The minimum absolute atomic E-state index is 0.0538. The van der Waals surface area contributed by atoms with E-state index in [1.807, 2.05) is 36.4 Å². The third-order valence-electron chi connectivity index (χ3n) is 3.79. The van der Waals surface area contributed by atoms with Gasteiger partial charge in [-0.15, -0.1) is 11.8 Å². The van der Waals surface area contributed by atoms with Crippen LogP contribution in [-0.4, -0.2) is 22.8 Å². The average Bonchev–Trinajstić information content (AvgIpc) is 2.95. The molecule has 0 aliphatic rings. The Hall–Kier alpha value is -2.47. The van der Waals surface area contributed by atoms with Crippen LogP contribution in [0, 0.1) is 0 Å². The first-order valence-electron chi connectivity index (χ1n) is 8.27. The SMILES string of the molecule is O=C(CCn1c(=O)oc2ccccc21)NCCCSc1ccccc1. The highest BCUT2D eigenvalue weighted by Crippen LogP contribution is 2.17. The van der Waals surface area contributed by atoms with Crippen molar-refractivity contribution in [3.63, 3.8) is 0 Å². The molecule has 1 heterocycles. The van der Waals surface area contributed by atoms with E-state index < -0.39 is 5.76 Å². The van der Waals surface area contributed by atoms with Gasteiger partial charge in [0.15, 0.2) is 5.58 Å². The number of carbonyl (C=O) groups excluding carboxylic acids is 1. The van der Waals surface area contributed by atoms with E-state index in [4.69, 9.17) is 4.42 Å². The van der Waals surface area contributed by atoms with E-state index in [9.17, 15) is 9.59 Å². The molecule has 0 bridgehead atoms. The number of thioether (sulfide) groups is 1. The third-order valence-corrected chi connectivity index (χ3v) is 4.89. The summed E-state index contributed by atoms with van der Waals surface area (Å²) in [7, 11) is 0. The van der Waals surface area contributed by atoms with Gasteiger partial charge in [-0.05, 0) is 36.4 Å². The maximum Gasteiger partial charge on any atom is 0.419 e. The molecule has 0 radical (unpaired) electrons. The van der Waals surface area contributed by atoms with E-state index in [2.05, 4.69) is 17.4 Å². The number of rotatable bonds is 8. The number of hydrogen-bond donors (Lipinski definition) is 1. The summed E-state index contributed by atoms with van der Waals surface area (Å²) in [5.74, 6) is 0.478. The van der Waals surface area contributed by atoms with Gasteiger partial charge in [-0.25, -0.2) is 4.79 Å². The second-order valence-electron chi connectivity index (χ2n) is 5.60. The van der Waals surface area contributed by atoms with Crippen molar-refractivity contribution in [2.75, 3.05) is 12.3 Å². The van der Waals surface area contributed by atoms with Crippen LogP contribution in [0.1, 0.15) is 12.8 Å². The normalized spacial score (nSPS) is 10.9. The van der Waals surface area contributed by atoms with Gasteiger partial charge >= 0.3 is 5.76 Å². The number of nitrogens with one attached hydrogen (secondary N) is 1. The average molecular weight is 356 g/mol. The summed E-state index contributed by atoms with van der Waals surface area (Å²) in [5.41, 5.74) is 1.27. The Balaban J connectivity index is 1.39. The van der Waals surface area contributed by atoms with Gasteiger partial charge in [-0.3, -0.25) is 9.36 Å². The Labute approximate surface area is 150 Å². The smallest absolute Gasteiger partial charge is 0.408 e. The molecule has 0 spiro atoms. The summed E-state index contributed by atoms with van der Waals surface area (Å²) in [6.45, 7) is 0.958. The van der Waals surface area contributed by atoms with Gasteiger partial charge in [0, 0.05) is 24.4 Å². The number of fused-ring (bicyclic) bond motifs is 1. The van der Waals surface area contributed by atoms with E-state index in [0.717, 1.165) is 17.7 Å². The lowest BCUT2D eigenvalue weighted by Gasteiger charge is -2.06. The van der Waals surface area contributed by atoms with Crippen LogP contribution in [0.3, 0.4) is 0 Å². The summed E-state index contributed by atoms with van der Waals surface area (Å²) in [6.07, 6.45) is 1.16. The molecule has 0 unspecified atom stereocenters. The van der Waals surface area contributed by atoms with Crippen molar-refractivity contribution in [1.82, 2.24) is 9.88 Å². The minimum atomic E-state index is -0.423. The number of aryl methyl sites for hydroxylation is 1. The van der Waals surface area contributed by atoms with Crippen LogP contribution in [0.4, 0.5) is 0 Å². The van der Waals surface area contributed by atoms with Gasteiger partial charge in [0.2, 0.25) is 5.91 Å². The zero-order chi connectivity index (χ0) is 17.5. The topological polar surface area (TPSA) is 64.2 Å². The molecule has 0 aliphatic heterocycles. The van der Waals surface area contributed by atoms with Gasteiger partial charge in [0.05, 0.1) is 5.52 Å². The highest BCUT2D eigenvalue weighted by Gasteiger charge is 2.10. The Morgan fingerprint density at radius 2 is 1.84 bits per heavy atom. The summed E-state index contributed by atoms with van der Waals surface area (Å²) in [5, 5.41) is 2.90. The molecule has 1 amide bonds. The van der Waals surface area contributed by atoms with Crippen molar-refractivity contribution >= 4 is 28.8 Å². The molecular formula is C19H20N2O3S. The highest BCUT2D eigenvalue weighted by molar-refractivity contribution is 7.99. The van der Waals surface area contributed by atoms with Crippen molar-refractivity contribution < 1.29 is 9.21 Å². The van der Waals surface area contributed by atoms with Gasteiger partial charge in [-0.2, -0.15) is 0 Å². The highest BCUT2D eigenvalue weighted by atomic mass is 32.2. The van der Waals surface area contributed by atoms with Crippen LogP contribution in [-0.2, 0) is 11.3 Å². The zero-order valence-corrected chi connectivity index (χ0v) is 14.6. The molecular weight excluding hydrogens is 336 g/mol. The molecule has 5 nitrogen and oxygen atoms in total. The quantitative estimate of drug-likeness (QED) is 0.497. The number of benzene rings is 2. The predicted molar refractivity (Wildman–Crippen MR) is 99.9 cm³/mol. The summed E-state index contributed by atoms with van der Waals surface area (Å²) in [4.78, 5) is 25.0. The van der Waals surface area contributed by atoms with Gasteiger partial charge in [0.25, 0.3) is 0 Å². The molecule has 2 aromatic carbocycles. The second-order valence-corrected chi connectivity index (χ2v) is 6.77. The molecule has 1 N–H and O–H groups in total. The van der Waals surface area contributed by atoms with Gasteiger partial charge in [-0.1, -0.05) is 30.3 Å². The predicted octanol–water partition coefficient (Wildman–Crippen LogP) is 3.28. The molecule has 25 heavy (non-hydrogen) atoms. The van der Waals surface area contributed by atoms with E-state index in [1.165, 1.54) is 9.46 Å². The Morgan fingerprint density at radius 3 is 2.68 bits per heavy atom. The second kappa shape index (κ2) is 8.58. The van der Waals surface area contributed by atoms with Crippen molar-refractivity contribution in [2.24, 2.45) is 0 Å². The van der Waals surface area contributed by atoms with E-state index >= 15 is 0 Å². The van der Waals surface area contributed by atoms with Crippen molar-refractivity contribution in [2.45, 2.75) is 24.3 Å². The van der Waals surface area contributed by atoms with Crippen LogP contribution in [0.2, 0.25) is 0 Å². The standard InChI is InChI=1S/C19H20N2O3S/c22-18(20-12-6-14-25-15-7-2-1-3-8-15)11-13-21-16-9-4-5-10-17(16)24-19(21)23/h1-5,7-10H,6,11-14H2,(H,20,22). The number of hydrogen-bond acceptors (Lipinski definition) is 4. The molecule has 0 atom stereocenters. The lowest BCUT2D eigenvalue weighted by molar-refractivity contribution is -0.121. The number of oxazole rings is 1. The van der Waals surface area contributed by atoms with Gasteiger partial charge < -0.3 is 9.73 Å². The zero-order valence-electron chi connectivity index (χ0n) is 13.8. The Kier molecular flexibility index (Phi) is 5.95. The fourth-order valence-electron chi connectivity index (χ4n) is 2.53. The maximum absolute atomic E-state index is 12.0. The summed E-state index contributed by atoms with van der Waals surface area (Å²) >= 11 is 1.78. The fourth-order valence-corrected chi connectivity index (χ4v) is 3.41. The Bertz CT molecular complexity index is 886. The third kappa shape index (κ3) is 4.76. The first kappa shape index (κ1) is 17.4. The van der Waals surface area contributed by atoms with Crippen LogP contribution >= 0.6 is 11.8 Å². The number of amides is 1. The van der Waals surface area contributed by atoms with Crippen LogP contribution < -0.4 is 11.1 Å². The first-order chi connectivity index (χ1) is 12.2. The van der Waals surface area contributed by atoms with Crippen molar-refractivity contribution in [3.8, 4) is 0 Å². The monoisotopic (exact) mass is 356 g/mol. The van der Waals surface area contributed by atoms with Crippen molar-refractivity contribution in [1.29, 1.82) is 0 Å². The van der Waals surface area contributed by atoms with E-state index in [1.54, 1.807) is 17.8 Å². The van der Waals surface area contributed by atoms with Crippen molar-refractivity contribution in [3.05, 3.63) is 65.1 Å². The Morgan fingerprint density at radius 1 is 1.08 bits per heavy atom. The lowest BCUT2D eigenvalue weighted by atomic mass is 10.3. The summed E-state index contributed by atoms with van der Waals surface area (Å²) in [6, 6.07) is 17.4. The minimum Gasteiger partial charge on any atom is -0.408 e. The molecule has 1 aromatic heterocycles. The van der Waals surface area contributed by atoms with Crippen LogP contribution in [0.5, 0.6) is 0 Å². The number of aromatic nitrogens is 1. The maximum atomic E-state index is 12.0. The van der Waals surface area contributed by atoms with E-state index in [-0.39, 0.29) is 12.3 Å². The number of nitrogens with zero attached hydrogens (tertiary/aromatic N) is 1. The van der Waals surface area contributed by atoms with Gasteiger partial charge in [0.1, 0.15) is 0 Å². The lowest BCUT2D eigenvalue weighted by Crippen LogP contribution is -2.27. The summed E-state index contributed by atoms with van der Waals surface area (Å²) < 4.78 is 6.66. The molecule has 0 aliphatic carbocycles. The molecule has 6 heteroatoms.